The van der Waals surface area contributed by atoms with Gasteiger partial charge in [-0.3, -0.25) is 4.79 Å². The number of nitrogens with zero attached hydrogens (tertiary/aromatic N) is 1. The molecule has 1 amide bonds. The molecule has 0 saturated heterocycles. The Morgan fingerprint density at radius 1 is 1.33 bits per heavy atom. The maximum atomic E-state index is 11.6. The lowest BCUT2D eigenvalue weighted by Gasteiger charge is -2.44. The maximum absolute atomic E-state index is 11.6. The molecule has 2 rings (SSSR count). The highest BCUT2D eigenvalue weighted by atomic mass is 16.1. The number of carbonyl (C=O) groups is 1. The fourth-order valence-electron chi connectivity index (χ4n) is 2.86. The maximum Gasteiger partial charge on any atom is 0.248 e. The van der Waals surface area contributed by atoms with E-state index in [2.05, 4.69) is 25.1 Å². The molecule has 0 bridgehead atoms. The summed E-state index contributed by atoms with van der Waals surface area (Å²) >= 11 is 0. The van der Waals surface area contributed by atoms with Gasteiger partial charge in [-0.05, 0) is 56.9 Å². The van der Waals surface area contributed by atoms with Crippen molar-refractivity contribution in [3.63, 3.8) is 0 Å². The quantitative estimate of drug-likeness (QED) is 0.865. The molecule has 3 heteroatoms. The number of nitrogens with two attached hydrogens (primary N) is 1. The number of rotatable bonds is 5. The first-order valence-corrected chi connectivity index (χ1v) is 6.59. The van der Waals surface area contributed by atoms with Gasteiger partial charge in [-0.2, -0.15) is 0 Å². The Kier molecular flexibility index (Phi) is 3.71. The number of primary amides is 1. The summed E-state index contributed by atoms with van der Waals surface area (Å²) in [6, 6.07) is 7.84. The fourth-order valence-corrected chi connectivity index (χ4v) is 2.86. The summed E-state index contributed by atoms with van der Waals surface area (Å²) in [5.74, 6) is -0.304. The monoisotopic (exact) mass is 246 g/mol. The molecule has 1 aliphatic rings. The van der Waals surface area contributed by atoms with Gasteiger partial charge < -0.3 is 10.6 Å². The van der Waals surface area contributed by atoms with Crippen LogP contribution in [0.5, 0.6) is 0 Å². The molecule has 0 unspecified atom stereocenters. The third-order valence-electron chi connectivity index (χ3n) is 4.11. The van der Waals surface area contributed by atoms with E-state index in [0.29, 0.717) is 5.56 Å². The van der Waals surface area contributed by atoms with E-state index in [-0.39, 0.29) is 11.3 Å². The summed E-state index contributed by atoms with van der Waals surface area (Å²) in [5, 5.41) is 0. The van der Waals surface area contributed by atoms with Crippen molar-refractivity contribution in [3.05, 3.63) is 35.4 Å². The highest BCUT2D eigenvalue weighted by Crippen LogP contribution is 2.47. The summed E-state index contributed by atoms with van der Waals surface area (Å²) in [6.07, 6.45) is 4.70. The molecule has 3 nitrogen and oxygen atoms in total. The minimum absolute atomic E-state index is 0.176. The molecule has 0 aliphatic heterocycles. The molecule has 1 aromatic carbocycles. The SMILES string of the molecule is CN(C)CCC1(c2ccccc2C(N)=O)CCC1. The summed E-state index contributed by atoms with van der Waals surface area (Å²) in [5.41, 5.74) is 7.54. The van der Waals surface area contributed by atoms with Crippen molar-refractivity contribution >= 4 is 5.91 Å². The van der Waals surface area contributed by atoms with Crippen LogP contribution in [0, 0.1) is 0 Å². The van der Waals surface area contributed by atoms with Crippen molar-refractivity contribution in [1.29, 1.82) is 0 Å². The molecule has 0 heterocycles. The molecular weight excluding hydrogens is 224 g/mol. The number of benzene rings is 1. The summed E-state index contributed by atoms with van der Waals surface area (Å²) in [6.45, 7) is 1.05. The Labute approximate surface area is 109 Å². The third kappa shape index (κ3) is 2.41. The van der Waals surface area contributed by atoms with Gasteiger partial charge >= 0.3 is 0 Å². The van der Waals surface area contributed by atoms with Gasteiger partial charge in [0.2, 0.25) is 5.91 Å². The molecule has 0 aromatic heterocycles. The first-order valence-electron chi connectivity index (χ1n) is 6.59. The van der Waals surface area contributed by atoms with Crippen LogP contribution in [0.3, 0.4) is 0 Å². The van der Waals surface area contributed by atoms with Gasteiger partial charge in [0.1, 0.15) is 0 Å². The topological polar surface area (TPSA) is 46.3 Å². The lowest BCUT2D eigenvalue weighted by molar-refractivity contribution is 0.0993. The Morgan fingerprint density at radius 3 is 2.50 bits per heavy atom. The highest BCUT2D eigenvalue weighted by molar-refractivity contribution is 5.94. The van der Waals surface area contributed by atoms with Gasteiger partial charge in [0, 0.05) is 5.56 Å². The van der Waals surface area contributed by atoms with Crippen LogP contribution in [0.4, 0.5) is 0 Å². The molecule has 98 valence electrons. The average Bonchev–Trinajstić information content (AvgIpc) is 2.27. The molecule has 2 N–H and O–H groups in total. The van der Waals surface area contributed by atoms with Gasteiger partial charge in [0.05, 0.1) is 0 Å². The van der Waals surface area contributed by atoms with Gasteiger partial charge in [-0.1, -0.05) is 24.6 Å². The number of carbonyl (C=O) groups excluding carboxylic acids is 1. The Balaban J connectivity index is 2.30. The van der Waals surface area contributed by atoms with Crippen LogP contribution in [0.15, 0.2) is 24.3 Å². The Bertz CT molecular complexity index is 436. The largest absolute Gasteiger partial charge is 0.366 e. The second kappa shape index (κ2) is 5.11. The van der Waals surface area contributed by atoms with E-state index in [1.54, 1.807) is 0 Å². The predicted octanol–water partition coefficient (Wildman–Crippen LogP) is 2.16. The highest BCUT2D eigenvalue weighted by Gasteiger charge is 2.40. The molecule has 18 heavy (non-hydrogen) atoms. The van der Waals surface area contributed by atoms with Crippen molar-refractivity contribution in [2.24, 2.45) is 5.73 Å². The van der Waals surface area contributed by atoms with Gasteiger partial charge in [-0.15, -0.1) is 0 Å². The molecule has 0 spiro atoms. The molecule has 1 fully saturated rings. The van der Waals surface area contributed by atoms with Crippen molar-refractivity contribution in [2.75, 3.05) is 20.6 Å². The second-order valence-corrected chi connectivity index (χ2v) is 5.60. The summed E-state index contributed by atoms with van der Waals surface area (Å²) in [4.78, 5) is 13.8. The van der Waals surface area contributed by atoms with Crippen LogP contribution in [0.1, 0.15) is 41.6 Å². The normalized spacial score (nSPS) is 17.5. The number of amides is 1. The van der Waals surface area contributed by atoms with Crippen molar-refractivity contribution < 1.29 is 4.79 Å². The fraction of sp³-hybridized carbons (Fsp3) is 0.533. The smallest absolute Gasteiger partial charge is 0.248 e. The van der Waals surface area contributed by atoms with E-state index >= 15 is 0 Å². The zero-order chi connectivity index (χ0) is 13.2. The first-order chi connectivity index (χ1) is 8.55. The number of hydrogen-bond acceptors (Lipinski definition) is 2. The lowest BCUT2D eigenvalue weighted by atomic mass is 9.61. The first kappa shape index (κ1) is 13.1. The van der Waals surface area contributed by atoms with Crippen LogP contribution >= 0.6 is 0 Å². The summed E-state index contributed by atoms with van der Waals surface area (Å²) < 4.78 is 0. The van der Waals surface area contributed by atoms with Crippen LogP contribution in [0.25, 0.3) is 0 Å². The van der Waals surface area contributed by atoms with E-state index in [1.807, 2.05) is 18.2 Å². The minimum Gasteiger partial charge on any atom is -0.366 e. The van der Waals surface area contributed by atoms with Gasteiger partial charge in [-0.25, -0.2) is 0 Å². The molecular formula is C15H22N2O. The van der Waals surface area contributed by atoms with Crippen LogP contribution in [-0.2, 0) is 5.41 Å². The standard InChI is InChI=1S/C15H22N2O/c1-17(2)11-10-15(8-5-9-15)13-7-4-3-6-12(13)14(16)18/h3-4,6-7H,5,8-11H2,1-2H3,(H2,16,18). The minimum atomic E-state index is -0.304. The predicted molar refractivity (Wildman–Crippen MR) is 73.7 cm³/mol. The zero-order valence-electron chi connectivity index (χ0n) is 11.3. The Hall–Kier alpha value is -1.35. The van der Waals surface area contributed by atoms with Gasteiger partial charge in [0.15, 0.2) is 0 Å². The molecule has 1 aliphatic carbocycles. The average molecular weight is 246 g/mol. The van der Waals surface area contributed by atoms with Crippen molar-refractivity contribution in [1.82, 2.24) is 4.90 Å². The van der Waals surface area contributed by atoms with Crippen LogP contribution < -0.4 is 5.73 Å². The van der Waals surface area contributed by atoms with E-state index in [1.165, 1.54) is 19.3 Å². The second-order valence-electron chi connectivity index (χ2n) is 5.60. The molecule has 1 saturated carbocycles. The lowest BCUT2D eigenvalue weighted by Crippen LogP contribution is -2.39. The van der Waals surface area contributed by atoms with Crippen LogP contribution in [0.2, 0.25) is 0 Å². The number of hydrogen-bond donors (Lipinski definition) is 1. The van der Waals surface area contributed by atoms with Gasteiger partial charge in [0.25, 0.3) is 0 Å². The molecule has 0 atom stereocenters. The van der Waals surface area contributed by atoms with E-state index in [4.69, 9.17) is 5.73 Å². The summed E-state index contributed by atoms with van der Waals surface area (Å²) in [7, 11) is 4.18. The van der Waals surface area contributed by atoms with E-state index < -0.39 is 0 Å². The molecule has 0 radical (unpaired) electrons. The Morgan fingerprint density at radius 2 is 2.00 bits per heavy atom. The third-order valence-corrected chi connectivity index (χ3v) is 4.11. The van der Waals surface area contributed by atoms with Crippen molar-refractivity contribution in [2.45, 2.75) is 31.1 Å². The zero-order valence-corrected chi connectivity index (χ0v) is 11.3. The molecule has 1 aromatic rings. The van der Waals surface area contributed by atoms with Crippen LogP contribution in [-0.4, -0.2) is 31.4 Å². The van der Waals surface area contributed by atoms with E-state index in [0.717, 1.165) is 18.5 Å². The van der Waals surface area contributed by atoms with E-state index in [9.17, 15) is 4.79 Å². The van der Waals surface area contributed by atoms with Crippen molar-refractivity contribution in [3.8, 4) is 0 Å².